The molecule has 2 aromatic rings. The maximum atomic E-state index is 5.89. The number of hydrogen-bond acceptors (Lipinski definition) is 4. The van der Waals surface area contributed by atoms with Gasteiger partial charge in [-0.1, -0.05) is 0 Å². The highest BCUT2D eigenvalue weighted by molar-refractivity contribution is 9.11. The summed E-state index contributed by atoms with van der Waals surface area (Å²) in [5, 5.41) is 2.15. The van der Waals surface area contributed by atoms with E-state index in [0.717, 1.165) is 21.7 Å². The van der Waals surface area contributed by atoms with Crippen molar-refractivity contribution in [1.29, 1.82) is 0 Å². The van der Waals surface area contributed by atoms with Gasteiger partial charge in [-0.2, -0.15) is 0 Å². The van der Waals surface area contributed by atoms with Crippen molar-refractivity contribution < 1.29 is 0 Å². The van der Waals surface area contributed by atoms with E-state index in [1.807, 2.05) is 32.3 Å². The Labute approximate surface area is 120 Å². The van der Waals surface area contributed by atoms with Crippen LogP contribution in [0.2, 0.25) is 0 Å². The molecule has 0 saturated carbocycles. The Morgan fingerprint density at radius 3 is 2.89 bits per heavy atom. The van der Waals surface area contributed by atoms with E-state index in [2.05, 4.69) is 37.3 Å². The number of anilines is 1. The summed E-state index contributed by atoms with van der Waals surface area (Å²) in [7, 11) is 2.04. The van der Waals surface area contributed by atoms with Gasteiger partial charge < -0.3 is 10.6 Å². The van der Waals surface area contributed by atoms with E-state index in [1.165, 1.54) is 5.56 Å². The van der Waals surface area contributed by atoms with Gasteiger partial charge in [-0.25, -0.2) is 4.98 Å². The smallest absolute Gasteiger partial charge is 0.128 e. The van der Waals surface area contributed by atoms with Crippen molar-refractivity contribution in [2.45, 2.75) is 19.5 Å². The molecule has 1 atom stereocenters. The van der Waals surface area contributed by atoms with Crippen LogP contribution in [0.15, 0.2) is 33.6 Å². The van der Waals surface area contributed by atoms with Gasteiger partial charge in [-0.3, -0.25) is 0 Å². The van der Waals surface area contributed by atoms with E-state index < -0.39 is 0 Å². The Morgan fingerprint density at radius 1 is 1.50 bits per heavy atom. The highest BCUT2D eigenvalue weighted by atomic mass is 79.9. The van der Waals surface area contributed by atoms with Crippen LogP contribution in [-0.4, -0.2) is 12.0 Å². The zero-order valence-electron chi connectivity index (χ0n) is 10.4. The lowest BCUT2D eigenvalue weighted by atomic mass is 10.1. The summed E-state index contributed by atoms with van der Waals surface area (Å²) in [4.78, 5) is 6.51. The number of rotatable bonds is 4. The summed E-state index contributed by atoms with van der Waals surface area (Å²) in [5.41, 5.74) is 8.28. The van der Waals surface area contributed by atoms with E-state index in [9.17, 15) is 0 Å². The number of pyridine rings is 1. The van der Waals surface area contributed by atoms with Gasteiger partial charge in [0, 0.05) is 25.8 Å². The normalized spacial score (nSPS) is 12.4. The van der Waals surface area contributed by atoms with Crippen molar-refractivity contribution >= 4 is 33.1 Å². The molecule has 0 spiro atoms. The van der Waals surface area contributed by atoms with Crippen molar-refractivity contribution in [2.75, 3.05) is 11.9 Å². The standard InChI is InChI=1S/C13H16BrN3S/c1-9(15)11-3-4-16-13(6-11)17(2)7-10-5-12(14)18-8-10/h3-6,8-9H,7,15H2,1-2H3. The zero-order chi connectivity index (χ0) is 13.1. The summed E-state index contributed by atoms with van der Waals surface area (Å²) in [6, 6.07) is 6.18. The lowest BCUT2D eigenvalue weighted by molar-refractivity contribution is 0.809. The highest BCUT2D eigenvalue weighted by Gasteiger charge is 2.07. The fraction of sp³-hybridized carbons (Fsp3) is 0.308. The molecule has 0 aromatic carbocycles. The first-order chi connectivity index (χ1) is 8.56. The van der Waals surface area contributed by atoms with Crippen molar-refractivity contribution in [3.8, 4) is 0 Å². The highest BCUT2D eigenvalue weighted by Crippen LogP contribution is 2.23. The molecule has 5 heteroatoms. The molecule has 3 nitrogen and oxygen atoms in total. The van der Waals surface area contributed by atoms with E-state index in [-0.39, 0.29) is 6.04 Å². The summed E-state index contributed by atoms with van der Waals surface area (Å²) in [6.45, 7) is 2.83. The fourth-order valence-electron chi connectivity index (χ4n) is 1.71. The second-order valence-electron chi connectivity index (χ2n) is 4.35. The Bertz CT molecular complexity index is 524. The molecule has 18 heavy (non-hydrogen) atoms. The number of nitrogens with two attached hydrogens (primary N) is 1. The number of nitrogens with zero attached hydrogens (tertiary/aromatic N) is 2. The van der Waals surface area contributed by atoms with E-state index in [4.69, 9.17) is 5.73 Å². The van der Waals surface area contributed by atoms with Gasteiger partial charge in [-0.15, -0.1) is 11.3 Å². The maximum absolute atomic E-state index is 5.89. The third kappa shape index (κ3) is 3.31. The van der Waals surface area contributed by atoms with E-state index >= 15 is 0 Å². The SMILES string of the molecule is CC(N)c1ccnc(N(C)Cc2csc(Br)c2)c1. The monoisotopic (exact) mass is 325 g/mol. The number of halogens is 1. The molecule has 0 fully saturated rings. The van der Waals surface area contributed by atoms with Crippen LogP contribution in [0, 0.1) is 0 Å². The van der Waals surface area contributed by atoms with Crippen molar-refractivity contribution in [3.63, 3.8) is 0 Å². The van der Waals surface area contributed by atoms with Crippen LogP contribution >= 0.6 is 27.3 Å². The molecule has 2 N–H and O–H groups in total. The number of thiophene rings is 1. The molecule has 1 unspecified atom stereocenters. The van der Waals surface area contributed by atoms with Gasteiger partial charge >= 0.3 is 0 Å². The summed E-state index contributed by atoms with van der Waals surface area (Å²) in [6.07, 6.45) is 1.81. The molecule has 0 aliphatic rings. The Hall–Kier alpha value is -0.910. The number of hydrogen-bond donors (Lipinski definition) is 1. The van der Waals surface area contributed by atoms with Crippen LogP contribution in [0.3, 0.4) is 0 Å². The molecule has 2 rings (SSSR count). The third-order valence-corrected chi connectivity index (χ3v) is 4.28. The van der Waals surface area contributed by atoms with Gasteiger partial charge in [0.1, 0.15) is 5.82 Å². The van der Waals surface area contributed by atoms with Gasteiger partial charge in [-0.05, 0) is 57.6 Å². The minimum atomic E-state index is 0.0374. The second-order valence-corrected chi connectivity index (χ2v) is 6.64. The molecular weight excluding hydrogens is 310 g/mol. The zero-order valence-corrected chi connectivity index (χ0v) is 12.8. The predicted molar refractivity (Wildman–Crippen MR) is 81.0 cm³/mol. The Balaban J connectivity index is 2.13. The van der Waals surface area contributed by atoms with Crippen molar-refractivity contribution in [2.24, 2.45) is 5.73 Å². The molecule has 0 saturated heterocycles. The average molecular weight is 326 g/mol. The van der Waals surface area contributed by atoms with Gasteiger partial charge in [0.2, 0.25) is 0 Å². The third-order valence-electron chi connectivity index (χ3n) is 2.73. The lowest BCUT2D eigenvalue weighted by Gasteiger charge is -2.18. The Kier molecular flexibility index (Phi) is 4.37. The van der Waals surface area contributed by atoms with E-state index in [1.54, 1.807) is 11.3 Å². The predicted octanol–water partition coefficient (Wildman–Crippen LogP) is 3.56. The molecule has 0 aliphatic heterocycles. The largest absolute Gasteiger partial charge is 0.355 e. The van der Waals surface area contributed by atoms with Crippen molar-refractivity contribution in [1.82, 2.24) is 4.98 Å². The molecule has 2 aromatic heterocycles. The van der Waals surface area contributed by atoms with E-state index in [0.29, 0.717) is 0 Å². The van der Waals surface area contributed by atoms with Gasteiger partial charge in [0.05, 0.1) is 3.79 Å². The molecule has 0 amide bonds. The molecule has 2 heterocycles. The average Bonchev–Trinajstić information content (AvgIpc) is 2.75. The minimum Gasteiger partial charge on any atom is -0.355 e. The van der Waals surface area contributed by atoms with Crippen LogP contribution in [0.25, 0.3) is 0 Å². The number of aromatic nitrogens is 1. The minimum absolute atomic E-state index is 0.0374. The van der Waals surface area contributed by atoms with Crippen molar-refractivity contribution in [3.05, 3.63) is 44.7 Å². The molecule has 96 valence electrons. The molecule has 0 bridgehead atoms. The molecule has 0 radical (unpaired) electrons. The molecule has 0 aliphatic carbocycles. The first kappa shape index (κ1) is 13.5. The first-order valence-electron chi connectivity index (χ1n) is 5.72. The first-order valence-corrected chi connectivity index (χ1v) is 7.39. The van der Waals surface area contributed by atoms with Crippen LogP contribution in [0.5, 0.6) is 0 Å². The topological polar surface area (TPSA) is 42.1 Å². The van der Waals surface area contributed by atoms with Gasteiger partial charge in [0.25, 0.3) is 0 Å². The van der Waals surface area contributed by atoms with Crippen LogP contribution in [-0.2, 0) is 6.54 Å². The summed E-state index contributed by atoms with van der Waals surface area (Å²) >= 11 is 5.18. The maximum Gasteiger partial charge on any atom is 0.128 e. The lowest BCUT2D eigenvalue weighted by Crippen LogP contribution is -2.18. The summed E-state index contributed by atoms with van der Waals surface area (Å²) in [5.74, 6) is 0.951. The van der Waals surface area contributed by atoms with Gasteiger partial charge in [0.15, 0.2) is 0 Å². The molecular formula is C13H16BrN3S. The van der Waals surface area contributed by atoms with Crippen LogP contribution in [0.4, 0.5) is 5.82 Å². The summed E-state index contributed by atoms with van der Waals surface area (Å²) < 4.78 is 1.16. The second kappa shape index (κ2) is 5.82. The van der Waals surface area contributed by atoms with Crippen LogP contribution in [0.1, 0.15) is 24.1 Å². The fourth-order valence-corrected chi connectivity index (χ4v) is 2.91. The van der Waals surface area contributed by atoms with Crippen LogP contribution < -0.4 is 10.6 Å². The quantitative estimate of drug-likeness (QED) is 0.934. The Morgan fingerprint density at radius 2 is 2.28 bits per heavy atom.